The highest BCUT2D eigenvalue weighted by Gasteiger charge is 2.23. The maximum absolute atomic E-state index is 8.76. The Balaban J connectivity index is 2.64. The molecule has 0 saturated carbocycles. The molecule has 0 saturated heterocycles. The molecule has 4 heteroatoms. The van der Waals surface area contributed by atoms with Gasteiger partial charge in [0.05, 0.1) is 18.8 Å². The number of aliphatic hydroxyl groups excluding tert-OH is 1. The molecular weight excluding hydrogens is 270 g/mol. The number of aliphatic hydroxyl groups is 1. The van der Waals surface area contributed by atoms with Crippen LogP contribution in [-0.2, 0) is 11.2 Å². The Morgan fingerprint density at radius 1 is 1.38 bits per heavy atom. The van der Waals surface area contributed by atoms with Crippen molar-refractivity contribution in [2.45, 2.75) is 18.9 Å². The van der Waals surface area contributed by atoms with Crippen molar-refractivity contribution < 1.29 is 9.84 Å². The summed E-state index contributed by atoms with van der Waals surface area (Å²) in [5, 5.41) is 8.76. The molecule has 1 atom stereocenters. The van der Waals surface area contributed by atoms with Gasteiger partial charge in [-0.3, -0.25) is 0 Å². The molecule has 0 radical (unpaired) electrons. The number of benzene rings is 1. The van der Waals surface area contributed by atoms with E-state index in [0.717, 1.165) is 10.9 Å². The molecule has 0 heterocycles. The van der Waals surface area contributed by atoms with Crippen LogP contribution in [0.3, 0.4) is 0 Å². The largest absolute Gasteiger partial charge is 0.394 e. The smallest absolute Gasteiger partial charge is 0.0817 e. The summed E-state index contributed by atoms with van der Waals surface area (Å²) in [6, 6.07) is 8.08. The van der Waals surface area contributed by atoms with Gasteiger partial charge in [-0.25, -0.2) is 0 Å². The van der Waals surface area contributed by atoms with Crippen LogP contribution in [-0.4, -0.2) is 30.5 Å². The minimum atomic E-state index is -0.406. The summed E-state index contributed by atoms with van der Waals surface area (Å²) in [7, 11) is 0. The van der Waals surface area contributed by atoms with E-state index in [0.29, 0.717) is 13.2 Å². The van der Waals surface area contributed by atoms with Crippen LogP contribution in [0.25, 0.3) is 0 Å². The maximum Gasteiger partial charge on any atom is 0.0817 e. The number of halogens is 1. The lowest BCUT2D eigenvalue weighted by molar-refractivity contribution is -0.0388. The Morgan fingerprint density at radius 3 is 2.50 bits per heavy atom. The molecule has 1 unspecified atom stereocenters. The second-order valence-electron chi connectivity index (χ2n) is 4.03. The highest BCUT2D eigenvalue weighted by molar-refractivity contribution is 9.10. The van der Waals surface area contributed by atoms with Crippen molar-refractivity contribution in [1.82, 2.24) is 0 Å². The number of rotatable bonds is 6. The van der Waals surface area contributed by atoms with Crippen molar-refractivity contribution in [2.24, 2.45) is 5.73 Å². The van der Waals surface area contributed by atoms with Gasteiger partial charge in [0.25, 0.3) is 0 Å². The molecule has 3 nitrogen and oxygen atoms in total. The molecule has 0 amide bonds. The number of hydrogen-bond acceptors (Lipinski definition) is 3. The first kappa shape index (κ1) is 13.6. The van der Waals surface area contributed by atoms with Crippen LogP contribution in [0.4, 0.5) is 0 Å². The first-order valence-corrected chi connectivity index (χ1v) is 6.08. The zero-order chi connectivity index (χ0) is 12.0. The maximum atomic E-state index is 8.76. The molecule has 0 bridgehead atoms. The molecule has 90 valence electrons. The summed E-state index contributed by atoms with van der Waals surface area (Å²) >= 11 is 3.40. The highest BCUT2D eigenvalue weighted by Crippen LogP contribution is 2.18. The Morgan fingerprint density at radius 2 is 2.00 bits per heavy atom. The second-order valence-corrected chi connectivity index (χ2v) is 4.95. The fourth-order valence-corrected chi connectivity index (χ4v) is 1.77. The van der Waals surface area contributed by atoms with E-state index < -0.39 is 5.60 Å². The van der Waals surface area contributed by atoms with Gasteiger partial charge in [0.15, 0.2) is 0 Å². The van der Waals surface area contributed by atoms with Gasteiger partial charge in [0.2, 0.25) is 0 Å². The zero-order valence-electron chi connectivity index (χ0n) is 9.45. The summed E-state index contributed by atoms with van der Waals surface area (Å²) in [5.41, 5.74) is 6.48. The van der Waals surface area contributed by atoms with E-state index in [-0.39, 0.29) is 6.61 Å². The molecule has 0 aliphatic carbocycles. The summed E-state index contributed by atoms with van der Waals surface area (Å²) < 4.78 is 6.63. The van der Waals surface area contributed by atoms with Crippen LogP contribution in [0.15, 0.2) is 28.7 Å². The van der Waals surface area contributed by atoms with E-state index in [9.17, 15) is 0 Å². The first-order valence-electron chi connectivity index (χ1n) is 5.29. The summed E-state index contributed by atoms with van der Waals surface area (Å²) in [6.07, 6.45) is 0.747. The van der Waals surface area contributed by atoms with Gasteiger partial charge in [-0.05, 0) is 24.6 Å². The minimum absolute atomic E-state index is 0.0237. The monoisotopic (exact) mass is 287 g/mol. The fraction of sp³-hybridized carbons (Fsp3) is 0.500. The van der Waals surface area contributed by atoms with Gasteiger partial charge in [-0.1, -0.05) is 28.1 Å². The molecule has 0 aromatic heterocycles. The fourth-order valence-electron chi connectivity index (χ4n) is 1.51. The predicted octanol–water partition coefficient (Wildman–Crippen LogP) is 1.72. The Hall–Kier alpha value is -0.420. The van der Waals surface area contributed by atoms with E-state index in [2.05, 4.69) is 15.9 Å². The number of hydrogen-bond donors (Lipinski definition) is 2. The normalized spacial score (nSPS) is 14.8. The van der Waals surface area contributed by atoms with E-state index in [1.54, 1.807) is 0 Å². The number of nitrogens with two attached hydrogens (primary N) is 1. The van der Waals surface area contributed by atoms with E-state index in [1.807, 2.05) is 31.2 Å². The molecule has 0 aliphatic rings. The Labute approximate surface area is 105 Å². The van der Waals surface area contributed by atoms with Crippen LogP contribution in [0.2, 0.25) is 0 Å². The molecular formula is C12H18BrNO2. The second kappa shape index (κ2) is 6.35. The van der Waals surface area contributed by atoms with Crippen molar-refractivity contribution in [3.8, 4) is 0 Å². The average molecular weight is 288 g/mol. The molecule has 1 rings (SSSR count). The van der Waals surface area contributed by atoms with Gasteiger partial charge in [0.1, 0.15) is 0 Å². The van der Waals surface area contributed by atoms with Gasteiger partial charge in [-0.15, -0.1) is 0 Å². The third kappa shape index (κ3) is 4.22. The lowest BCUT2D eigenvalue weighted by Crippen LogP contribution is -2.40. The van der Waals surface area contributed by atoms with E-state index in [1.165, 1.54) is 5.56 Å². The SMILES string of the molecule is CC(CN)(Cc1ccc(Br)cc1)OCCO. The van der Waals surface area contributed by atoms with Crippen LogP contribution >= 0.6 is 15.9 Å². The molecule has 0 aliphatic heterocycles. The molecule has 3 N–H and O–H groups in total. The molecule has 1 aromatic carbocycles. The van der Waals surface area contributed by atoms with Crippen molar-refractivity contribution in [2.75, 3.05) is 19.8 Å². The third-order valence-corrected chi connectivity index (χ3v) is 2.99. The lowest BCUT2D eigenvalue weighted by atomic mass is 9.96. The topological polar surface area (TPSA) is 55.5 Å². The van der Waals surface area contributed by atoms with Gasteiger partial charge in [0, 0.05) is 17.4 Å². The van der Waals surface area contributed by atoms with Crippen molar-refractivity contribution in [3.63, 3.8) is 0 Å². The third-order valence-electron chi connectivity index (χ3n) is 2.46. The van der Waals surface area contributed by atoms with Gasteiger partial charge < -0.3 is 15.6 Å². The highest BCUT2D eigenvalue weighted by atomic mass is 79.9. The zero-order valence-corrected chi connectivity index (χ0v) is 11.0. The standard InChI is InChI=1S/C12H18BrNO2/c1-12(9-14,16-7-6-15)8-10-2-4-11(13)5-3-10/h2-5,15H,6-9,14H2,1H3. The molecule has 1 aromatic rings. The minimum Gasteiger partial charge on any atom is -0.394 e. The van der Waals surface area contributed by atoms with Crippen LogP contribution in [0, 0.1) is 0 Å². The van der Waals surface area contributed by atoms with Crippen LogP contribution in [0.5, 0.6) is 0 Å². The number of ether oxygens (including phenoxy) is 1. The first-order chi connectivity index (χ1) is 7.59. The summed E-state index contributed by atoms with van der Waals surface area (Å²) in [4.78, 5) is 0. The molecule has 0 spiro atoms. The Bertz CT molecular complexity index is 315. The van der Waals surface area contributed by atoms with Crippen molar-refractivity contribution >= 4 is 15.9 Å². The lowest BCUT2D eigenvalue weighted by Gasteiger charge is -2.28. The van der Waals surface area contributed by atoms with Crippen molar-refractivity contribution in [1.29, 1.82) is 0 Å². The van der Waals surface area contributed by atoms with Gasteiger partial charge in [-0.2, -0.15) is 0 Å². The van der Waals surface area contributed by atoms with Gasteiger partial charge >= 0.3 is 0 Å². The van der Waals surface area contributed by atoms with Crippen LogP contribution < -0.4 is 5.73 Å². The van der Waals surface area contributed by atoms with E-state index >= 15 is 0 Å². The molecule has 16 heavy (non-hydrogen) atoms. The Kier molecular flexibility index (Phi) is 5.41. The summed E-state index contributed by atoms with van der Waals surface area (Å²) in [6.45, 7) is 2.74. The average Bonchev–Trinajstić information content (AvgIpc) is 2.30. The van der Waals surface area contributed by atoms with E-state index in [4.69, 9.17) is 15.6 Å². The predicted molar refractivity (Wildman–Crippen MR) is 68.3 cm³/mol. The quantitative estimate of drug-likeness (QED) is 0.838. The molecule has 0 fully saturated rings. The summed E-state index contributed by atoms with van der Waals surface area (Å²) in [5.74, 6) is 0. The van der Waals surface area contributed by atoms with Crippen LogP contribution in [0.1, 0.15) is 12.5 Å². The van der Waals surface area contributed by atoms with Crippen molar-refractivity contribution in [3.05, 3.63) is 34.3 Å².